The van der Waals surface area contributed by atoms with Crippen molar-refractivity contribution < 1.29 is 14.6 Å². The van der Waals surface area contributed by atoms with Crippen LogP contribution in [0.5, 0.6) is 5.75 Å². The molecule has 0 saturated heterocycles. The van der Waals surface area contributed by atoms with Crippen molar-refractivity contribution >= 4 is 11.6 Å². The number of aliphatic hydroxyl groups excluding tert-OH is 1. The van der Waals surface area contributed by atoms with E-state index in [4.69, 9.17) is 10.5 Å². The maximum Gasteiger partial charge on any atom is 0.258 e. The third-order valence-electron chi connectivity index (χ3n) is 2.53. The topological polar surface area (TPSA) is 84.6 Å². The highest BCUT2D eigenvalue weighted by molar-refractivity contribution is 5.77. The molecule has 0 aromatic heterocycles. The van der Waals surface area contributed by atoms with E-state index in [1.54, 1.807) is 24.3 Å². The van der Waals surface area contributed by atoms with Gasteiger partial charge in [0.2, 0.25) is 0 Å². The lowest BCUT2D eigenvalue weighted by Crippen LogP contribution is -2.35. The molecule has 0 fully saturated rings. The average molecular weight is 266 g/mol. The maximum atomic E-state index is 11.5. The molecule has 0 saturated carbocycles. The van der Waals surface area contributed by atoms with Crippen molar-refractivity contribution in [2.24, 2.45) is 5.92 Å². The van der Waals surface area contributed by atoms with E-state index in [2.05, 4.69) is 5.32 Å². The summed E-state index contributed by atoms with van der Waals surface area (Å²) < 4.78 is 5.29. The van der Waals surface area contributed by atoms with Crippen molar-refractivity contribution in [1.82, 2.24) is 5.32 Å². The Hall–Kier alpha value is -1.75. The number of nitrogen functional groups attached to an aromatic ring is 1. The Bertz CT molecular complexity index is 390. The molecular formula is C14H22N2O3. The van der Waals surface area contributed by atoms with Crippen molar-refractivity contribution in [3.05, 3.63) is 24.3 Å². The summed E-state index contributed by atoms with van der Waals surface area (Å²) in [5.41, 5.74) is 6.19. The van der Waals surface area contributed by atoms with Gasteiger partial charge in [-0.05, 0) is 36.6 Å². The standard InChI is InChI=1S/C14H22N2O3/c1-10(2)7-12(17)8-16-14(18)9-19-13-5-3-11(15)4-6-13/h3-6,10,12,17H,7-9,15H2,1-2H3,(H,16,18). The van der Waals surface area contributed by atoms with E-state index in [-0.39, 0.29) is 19.1 Å². The van der Waals surface area contributed by atoms with Crippen LogP contribution in [0.2, 0.25) is 0 Å². The van der Waals surface area contributed by atoms with Crippen molar-refractivity contribution in [2.45, 2.75) is 26.4 Å². The number of nitrogens with one attached hydrogen (secondary N) is 1. The second-order valence-electron chi connectivity index (χ2n) is 4.95. The van der Waals surface area contributed by atoms with Gasteiger partial charge in [-0.2, -0.15) is 0 Å². The van der Waals surface area contributed by atoms with E-state index in [1.165, 1.54) is 0 Å². The number of anilines is 1. The van der Waals surface area contributed by atoms with E-state index < -0.39 is 6.10 Å². The Morgan fingerprint density at radius 2 is 2.00 bits per heavy atom. The van der Waals surface area contributed by atoms with Crippen LogP contribution in [0.4, 0.5) is 5.69 Å². The van der Waals surface area contributed by atoms with Crippen LogP contribution in [0.15, 0.2) is 24.3 Å². The van der Waals surface area contributed by atoms with Crippen LogP contribution in [0, 0.1) is 5.92 Å². The molecule has 106 valence electrons. The molecule has 0 radical (unpaired) electrons. The summed E-state index contributed by atoms with van der Waals surface area (Å²) in [6, 6.07) is 6.83. The van der Waals surface area contributed by atoms with E-state index >= 15 is 0 Å². The summed E-state index contributed by atoms with van der Waals surface area (Å²) in [7, 11) is 0. The predicted octanol–water partition coefficient (Wildman–Crippen LogP) is 1.17. The normalized spacial score (nSPS) is 12.2. The van der Waals surface area contributed by atoms with Gasteiger partial charge in [0.25, 0.3) is 5.91 Å². The number of carbonyl (C=O) groups is 1. The number of benzene rings is 1. The molecule has 0 aliphatic carbocycles. The zero-order valence-electron chi connectivity index (χ0n) is 11.4. The quantitative estimate of drug-likeness (QED) is 0.647. The molecule has 1 aromatic rings. The molecule has 1 unspecified atom stereocenters. The van der Waals surface area contributed by atoms with Gasteiger partial charge in [-0.25, -0.2) is 0 Å². The molecule has 1 rings (SSSR count). The zero-order valence-corrected chi connectivity index (χ0v) is 11.4. The summed E-state index contributed by atoms with van der Waals surface area (Å²) in [6.45, 7) is 4.23. The van der Waals surface area contributed by atoms with Gasteiger partial charge in [0.05, 0.1) is 6.10 Å². The summed E-state index contributed by atoms with van der Waals surface area (Å²) in [5, 5.41) is 12.2. The van der Waals surface area contributed by atoms with Gasteiger partial charge in [0.15, 0.2) is 6.61 Å². The minimum atomic E-state index is -0.513. The maximum absolute atomic E-state index is 11.5. The Kier molecular flexibility index (Phi) is 6.15. The number of aliphatic hydroxyl groups is 1. The van der Waals surface area contributed by atoms with E-state index in [1.807, 2.05) is 13.8 Å². The van der Waals surface area contributed by atoms with E-state index in [0.29, 0.717) is 23.8 Å². The lowest BCUT2D eigenvalue weighted by molar-refractivity contribution is -0.123. The fourth-order valence-electron chi connectivity index (χ4n) is 1.62. The predicted molar refractivity (Wildman–Crippen MR) is 74.8 cm³/mol. The van der Waals surface area contributed by atoms with Gasteiger partial charge in [0, 0.05) is 12.2 Å². The second kappa shape index (κ2) is 7.63. The highest BCUT2D eigenvalue weighted by Crippen LogP contribution is 2.12. The summed E-state index contributed by atoms with van der Waals surface area (Å²) in [5.74, 6) is 0.740. The highest BCUT2D eigenvalue weighted by atomic mass is 16.5. The molecule has 5 nitrogen and oxygen atoms in total. The van der Waals surface area contributed by atoms with Crippen LogP contribution in [0.25, 0.3) is 0 Å². The summed E-state index contributed by atoms with van der Waals surface area (Å²) in [4.78, 5) is 11.5. The molecule has 1 amide bonds. The third-order valence-corrected chi connectivity index (χ3v) is 2.53. The second-order valence-corrected chi connectivity index (χ2v) is 4.95. The molecule has 5 heteroatoms. The first-order valence-electron chi connectivity index (χ1n) is 6.40. The van der Waals surface area contributed by atoms with Crippen LogP contribution < -0.4 is 15.8 Å². The van der Waals surface area contributed by atoms with Crippen LogP contribution >= 0.6 is 0 Å². The average Bonchev–Trinajstić information content (AvgIpc) is 2.35. The number of nitrogens with two attached hydrogens (primary N) is 1. The number of hydrogen-bond donors (Lipinski definition) is 3. The van der Waals surface area contributed by atoms with Gasteiger partial charge in [-0.1, -0.05) is 13.8 Å². The van der Waals surface area contributed by atoms with Gasteiger partial charge in [0.1, 0.15) is 5.75 Å². The molecule has 4 N–H and O–H groups in total. The summed E-state index contributed by atoms with van der Waals surface area (Å²) in [6.07, 6.45) is 0.152. The Balaban J connectivity index is 2.22. The monoisotopic (exact) mass is 266 g/mol. The van der Waals surface area contributed by atoms with Crippen LogP contribution in [-0.2, 0) is 4.79 Å². The molecule has 0 spiro atoms. The van der Waals surface area contributed by atoms with E-state index in [9.17, 15) is 9.90 Å². The number of hydrogen-bond acceptors (Lipinski definition) is 4. The van der Waals surface area contributed by atoms with Crippen molar-refractivity contribution in [2.75, 3.05) is 18.9 Å². The lowest BCUT2D eigenvalue weighted by atomic mass is 10.1. The van der Waals surface area contributed by atoms with Gasteiger partial charge < -0.3 is 20.9 Å². The molecule has 19 heavy (non-hydrogen) atoms. The smallest absolute Gasteiger partial charge is 0.258 e. The molecule has 0 bridgehead atoms. The van der Waals surface area contributed by atoms with Crippen molar-refractivity contribution in [1.29, 1.82) is 0 Å². The number of carbonyl (C=O) groups excluding carboxylic acids is 1. The number of ether oxygens (including phenoxy) is 1. The van der Waals surface area contributed by atoms with E-state index in [0.717, 1.165) is 0 Å². The minimum Gasteiger partial charge on any atom is -0.484 e. The highest BCUT2D eigenvalue weighted by Gasteiger charge is 2.09. The van der Waals surface area contributed by atoms with Crippen LogP contribution in [0.1, 0.15) is 20.3 Å². The van der Waals surface area contributed by atoms with Crippen LogP contribution in [0.3, 0.4) is 0 Å². The van der Waals surface area contributed by atoms with Gasteiger partial charge in [-0.3, -0.25) is 4.79 Å². The van der Waals surface area contributed by atoms with Crippen molar-refractivity contribution in [3.8, 4) is 5.75 Å². The van der Waals surface area contributed by atoms with Crippen molar-refractivity contribution in [3.63, 3.8) is 0 Å². The Morgan fingerprint density at radius 3 is 2.58 bits per heavy atom. The lowest BCUT2D eigenvalue weighted by Gasteiger charge is -2.14. The first-order valence-corrected chi connectivity index (χ1v) is 6.40. The molecule has 0 heterocycles. The summed E-state index contributed by atoms with van der Waals surface area (Å²) >= 11 is 0. The Morgan fingerprint density at radius 1 is 1.37 bits per heavy atom. The number of rotatable bonds is 7. The fraction of sp³-hybridized carbons (Fsp3) is 0.500. The first-order chi connectivity index (χ1) is 8.97. The zero-order chi connectivity index (χ0) is 14.3. The van der Waals surface area contributed by atoms with Gasteiger partial charge in [-0.15, -0.1) is 0 Å². The third kappa shape index (κ3) is 6.67. The number of amides is 1. The molecule has 0 aliphatic rings. The van der Waals surface area contributed by atoms with Gasteiger partial charge >= 0.3 is 0 Å². The first kappa shape index (κ1) is 15.3. The minimum absolute atomic E-state index is 0.0711. The molecule has 0 aliphatic heterocycles. The molecule has 1 aromatic carbocycles. The SMILES string of the molecule is CC(C)CC(O)CNC(=O)COc1ccc(N)cc1. The molecule has 1 atom stereocenters. The molecular weight excluding hydrogens is 244 g/mol. The largest absolute Gasteiger partial charge is 0.484 e. The Labute approximate surface area is 113 Å². The fourth-order valence-corrected chi connectivity index (χ4v) is 1.62. The van der Waals surface area contributed by atoms with Crippen LogP contribution in [-0.4, -0.2) is 30.3 Å².